The van der Waals surface area contributed by atoms with E-state index < -0.39 is 5.60 Å². The van der Waals surface area contributed by atoms with E-state index in [0.29, 0.717) is 26.4 Å². The molecule has 4 heteroatoms. The molecule has 0 aromatic carbocycles. The molecule has 0 aromatic rings. The predicted molar refractivity (Wildman–Crippen MR) is 62.2 cm³/mol. The van der Waals surface area contributed by atoms with Crippen molar-refractivity contribution in [3.63, 3.8) is 0 Å². The van der Waals surface area contributed by atoms with Crippen LogP contribution in [0.4, 0.5) is 0 Å². The Hall–Kier alpha value is -0.870. The molecule has 1 unspecified atom stereocenters. The van der Waals surface area contributed by atoms with E-state index in [1.807, 2.05) is 13.8 Å². The van der Waals surface area contributed by atoms with Crippen LogP contribution < -0.4 is 5.32 Å². The summed E-state index contributed by atoms with van der Waals surface area (Å²) in [5.74, 6) is -0.0380. The van der Waals surface area contributed by atoms with Gasteiger partial charge in [-0.05, 0) is 26.7 Å². The van der Waals surface area contributed by atoms with Gasteiger partial charge in [0, 0.05) is 13.2 Å². The lowest BCUT2D eigenvalue weighted by Gasteiger charge is -2.21. The molecule has 0 spiro atoms. The molecule has 1 saturated heterocycles. The average Bonchev–Trinajstić information content (AvgIpc) is 2.65. The molecule has 16 heavy (non-hydrogen) atoms. The van der Waals surface area contributed by atoms with Gasteiger partial charge in [-0.3, -0.25) is 4.79 Å². The first kappa shape index (κ1) is 13.2. The highest BCUT2D eigenvalue weighted by atomic mass is 16.5. The van der Waals surface area contributed by atoms with E-state index in [1.54, 1.807) is 0 Å². The van der Waals surface area contributed by atoms with Gasteiger partial charge in [-0.25, -0.2) is 0 Å². The first-order valence-electron chi connectivity index (χ1n) is 5.69. The Balaban J connectivity index is 2.13. The maximum absolute atomic E-state index is 11.8. The van der Waals surface area contributed by atoms with Gasteiger partial charge in [-0.2, -0.15) is 0 Å². The molecule has 0 aromatic heterocycles. The number of hydrogen-bond acceptors (Lipinski definition) is 3. The van der Waals surface area contributed by atoms with Crippen molar-refractivity contribution in [1.82, 2.24) is 5.32 Å². The van der Waals surface area contributed by atoms with E-state index in [4.69, 9.17) is 9.47 Å². The third-order valence-electron chi connectivity index (χ3n) is 2.58. The van der Waals surface area contributed by atoms with E-state index in [2.05, 4.69) is 11.9 Å². The van der Waals surface area contributed by atoms with Gasteiger partial charge < -0.3 is 14.8 Å². The lowest BCUT2D eigenvalue weighted by Crippen LogP contribution is -2.45. The van der Waals surface area contributed by atoms with E-state index in [0.717, 1.165) is 18.4 Å². The largest absolute Gasteiger partial charge is 0.375 e. The van der Waals surface area contributed by atoms with Crippen LogP contribution in [-0.4, -0.2) is 37.9 Å². The molecule has 0 bridgehead atoms. The fourth-order valence-corrected chi connectivity index (χ4v) is 1.63. The zero-order chi connectivity index (χ0) is 12.0. The summed E-state index contributed by atoms with van der Waals surface area (Å²) >= 11 is 0. The first-order chi connectivity index (χ1) is 7.54. The first-order valence-corrected chi connectivity index (χ1v) is 5.69. The van der Waals surface area contributed by atoms with Gasteiger partial charge in [-0.1, -0.05) is 12.2 Å². The second kappa shape index (κ2) is 6.01. The zero-order valence-electron chi connectivity index (χ0n) is 10.2. The zero-order valence-corrected chi connectivity index (χ0v) is 10.2. The van der Waals surface area contributed by atoms with Crippen molar-refractivity contribution in [2.75, 3.05) is 26.4 Å². The number of carbonyl (C=O) groups is 1. The lowest BCUT2D eigenvalue weighted by atomic mass is 10.0. The minimum absolute atomic E-state index is 0.0380. The van der Waals surface area contributed by atoms with Crippen LogP contribution in [0.15, 0.2) is 12.2 Å². The minimum atomic E-state index is -0.631. The van der Waals surface area contributed by atoms with Crippen LogP contribution in [-0.2, 0) is 14.3 Å². The lowest BCUT2D eigenvalue weighted by molar-refractivity contribution is -0.139. The fraction of sp³-hybridized carbons (Fsp3) is 0.750. The predicted octanol–water partition coefficient (Wildman–Crippen LogP) is 1.26. The summed E-state index contributed by atoms with van der Waals surface area (Å²) < 4.78 is 10.7. The molecule has 1 fully saturated rings. The molecule has 1 aliphatic rings. The molecule has 92 valence electrons. The average molecular weight is 227 g/mol. The number of nitrogens with one attached hydrogen (secondary N) is 1. The van der Waals surface area contributed by atoms with Crippen molar-refractivity contribution in [2.45, 2.75) is 32.3 Å². The Morgan fingerprint density at radius 2 is 2.38 bits per heavy atom. The maximum atomic E-state index is 11.8. The molecular formula is C12H21NO3. The molecule has 1 rings (SSSR count). The Bertz CT molecular complexity index is 257. The molecule has 0 radical (unpaired) electrons. The van der Waals surface area contributed by atoms with Crippen LogP contribution in [0.1, 0.15) is 26.7 Å². The van der Waals surface area contributed by atoms with Gasteiger partial charge >= 0.3 is 0 Å². The van der Waals surface area contributed by atoms with Crippen LogP contribution in [0.2, 0.25) is 0 Å². The Morgan fingerprint density at radius 3 is 2.94 bits per heavy atom. The van der Waals surface area contributed by atoms with Crippen LogP contribution in [0, 0.1) is 0 Å². The Morgan fingerprint density at radius 1 is 1.62 bits per heavy atom. The monoisotopic (exact) mass is 227 g/mol. The minimum Gasteiger partial charge on any atom is -0.375 e. The molecule has 1 heterocycles. The van der Waals surface area contributed by atoms with E-state index >= 15 is 0 Å². The van der Waals surface area contributed by atoms with E-state index in [1.165, 1.54) is 0 Å². The molecular weight excluding hydrogens is 206 g/mol. The molecule has 4 nitrogen and oxygen atoms in total. The quantitative estimate of drug-likeness (QED) is 0.549. The second-order valence-electron chi connectivity index (χ2n) is 4.45. The highest BCUT2D eigenvalue weighted by Gasteiger charge is 2.37. The molecule has 1 atom stereocenters. The normalized spacial score (nSPS) is 24.4. The highest BCUT2D eigenvalue weighted by molar-refractivity contribution is 5.84. The topological polar surface area (TPSA) is 47.6 Å². The highest BCUT2D eigenvalue weighted by Crippen LogP contribution is 2.24. The molecule has 1 aliphatic heterocycles. The number of ether oxygens (including phenoxy) is 2. The second-order valence-corrected chi connectivity index (χ2v) is 4.45. The summed E-state index contributed by atoms with van der Waals surface area (Å²) in [7, 11) is 0. The smallest absolute Gasteiger partial charge is 0.252 e. The van der Waals surface area contributed by atoms with Crippen molar-refractivity contribution in [2.24, 2.45) is 0 Å². The van der Waals surface area contributed by atoms with Crippen molar-refractivity contribution < 1.29 is 14.3 Å². The van der Waals surface area contributed by atoms with Crippen molar-refractivity contribution >= 4 is 5.91 Å². The van der Waals surface area contributed by atoms with Crippen molar-refractivity contribution in [3.05, 3.63) is 12.2 Å². The fourth-order valence-electron chi connectivity index (χ4n) is 1.63. The van der Waals surface area contributed by atoms with Gasteiger partial charge in [0.25, 0.3) is 5.91 Å². The molecule has 1 N–H and O–H groups in total. The van der Waals surface area contributed by atoms with Crippen LogP contribution >= 0.6 is 0 Å². The Labute approximate surface area is 97.0 Å². The van der Waals surface area contributed by atoms with E-state index in [9.17, 15) is 4.79 Å². The molecule has 0 saturated carbocycles. The molecule has 0 aliphatic carbocycles. The number of rotatable bonds is 6. The number of amides is 1. The van der Waals surface area contributed by atoms with E-state index in [-0.39, 0.29) is 5.91 Å². The van der Waals surface area contributed by atoms with Gasteiger partial charge in [0.1, 0.15) is 5.60 Å². The van der Waals surface area contributed by atoms with Crippen LogP contribution in [0.25, 0.3) is 0 Å². The van der Waals surface area contributed by atoms with Crippen LogP contribution in [0.3, 0.4) is 0 Å². The number of carbonyl (C=O) groups excluding carboxylic acids is 1. The summed E-state index contributed by atoms with van der Waals surface area (Å²) in [6.07, 6.45) is 1.75. The standard InChI is InChI=1S/C12H21NO3/c1-10(2)9-15-8-6-13-11(14)12(3)5-4-7-16-12/h1,4-9H2,2-3H3,(H,13,14). The third kappa shape index (κ3) is 3.94. The van der Waals surface area contributed by atoms with Gasteiger partial charge in [0.2, 0.25) is 0 Å². The summed E-state index contributed by atoms with van der Waals surface area (Å²) in [6, 6.07) is 0. The SMILES string of the molecule is C=C(C)COCCNC(=O)C1(C)CCCO1. The van der Waals surface area contributed by atoms with Crippen LogP contribution in [0.5, 0.6) is 0 Å². The van der Waals surface area contributed by atoms with Crippen molar-refractivity contribution in [3.8, 4) is 0 Å². The summed E-state index contributed by atoms with van der Waals surface area (Å²) in [5, 5.41) is 2.82. The summed E-state index contributed by atoms with van der Waals surface area (Å²) in [4.78, 5) is 11.8. The third-order valence-corrected chi connectivity index (χ3v) is 2.58. The van der Waals surface area contributed by atoms with Gasteiger partial charge in [0.15, 0.2) is 0 Å². The van der Waals surface area contributed by atoms with Crippen molar-refractivity contribution in [1.29, 1.82) is 0 Å². The Kier molecular flexibility index (Phi) is 4.96. The summed E-state index contributed by atoms with van der Waals surface area (Å²) in [6.45, 7) is 9.73. The maximum Gasteiger partial charge on any atom is 0.252 e. The molecule has 1 amide bonds. The van der Waals surface area contributed by atoms with Gasteiger partial charge in [0.05, 0.1) is 13.2 Å². The summed E-state index contributed by atoms with van der Waals surface area (Å²) in [5.41, 5.74) is 0.353. The number of hydrogen-bond donors (Lipinski definition) is 1. The van der Waals surface area contributed by atoms with Gasteiger partial charge in [-0.15, -0.1) is 0 Å².